The van der Waals surface area contributed by atoms with Crippen LogP contribution in [0.15, 0.2) is 47.6 Å². The fourth-order valence-electron chi connectivity index (χ4n) is 4.98. The van der Waals surface area contributed by atoms with E-state index in [0.29, 0.717) is 0 Å². The van der Waals surface area contributed by atoms with E-state index < -0.39 is 0 Å². The predicted molar refractivity (Wildman–Crippen MR) is 116 cm³/mol. The number of nitrogens with zero attached hydrogens (tertiary/aromatic N) is 3. The summed E-state index contributed by atoms with van der Waals surface area (Å²) in [6.07, 6.45) is 2.73. The molecule has 1 atom stereocenters. The molecule has 2 aromatic carbocycles. The van der Waals surface area contributed by atoms with E-state index in [1.165, 1.54) is 5.56 Å². The molecule has 3 aliphatic rings. The van der Waals surface area contributed by atoms with Crippen LogP contribution in [0.3, 0.4) is 0 Å². The molecule has 2 aromatic rings. The highest BCUT2D eigenvalue weighted by molar-refractivity contribution is 6.04. The van der Waals surface area contributed by atoms with Gasteiger partial charge < -0.3 is 19.1 Å². The van der Waals surface area contributed by atoms with E-state index in [-0.39, 0.29) is 11.8 Å². The third kappa shape index (κ3) is 3.01. The number of para-hydroxylation sites is 1. The fourth-order valence-corrected chi connectivity index (χ4v) is 4.98. The Bertz CT molecular complexity index is 966. The standard InChI is InChI=1S/C24H29N3O3/c1-4-26-13-11-24(12-14-26)27-21(19-7-5-6-8-22(19)30-24)16-20(25-27)18-10-9-17(28-2)15-23(18)29-3/h5-10,15,21H,4,11-14,16H2,1-3H3/t21-/m0/s1. The normalized spacial score (nSPS) is 22.2. The maximum Gasteiger partial charge on any atom is 0.200 e. The minimum atomic E-state index is -0.383. The molecule has 0 N–H and O–H groups in total. The summed E-state index contributed by atoms with van der Waals surface area (Å²) in [6.45, 7) is 5.35. The Hall–Kier alpha value is -2.73. The summed E-state index contributed by atoms with van der Waals surface area (Å²) in [6, 6.07) is 14.6. The lowest BCUT2D eigenvalue weighted by Crippen LogP contribution is -2.59. The summed E-state index contributed by atoms with van der Waals surface area (Å²) in [5.74, 6) is 2.57. The van der Waals surface area contributed by atoms with Gasteiger partial charge in [0.15, 0.2) is 0 Å². The Morgan fingerprint density at radius 3 is 2.63 bits per heavy atom. The van der Waals surface area contributed by atoms with Crippen LogP contribution in [0.25, 0.3) is 0 Å². The molecule has 30 heavy (non-hydrogen) atoms. The van der Waals surface area contributed by atoms with Crippen molar-refractivity contribution in [2.24, 2.45) is 5.10 Å². The SMILES string of the molecule is CCN1CCC2(CC1)Oc1ccccc1[C@@H]1CC(c3ccc(OC)cc3OC)=NN12. The molecule has 6 nitrogen and oxygen atoms in total. The molecule has 0 aromatic heterocycles. The van der Waals surface area contributed by atoms with Gasteiger partial charge in [-0.25, -0.2) is 5.01 Å². The van der Waals surface area contributed by atoms with Crippen molar-refractivity contribution < 1.29 is 14.2 Å². The molecule has 3 aliphatic heterocycles. The first-order chi connectivity index (χ1) is 14.7. The Morgan fingerprint density at radius 2 is 1.90 bits per heavy atom. The number of methoxy groups -OCH3 is 2. The Balaban J connectivity index is 1.55. The molecule has 0 aliphatic carbocycles. The highest BCUT2D eigenvalue weighted by Crippen LogP contribution is 2.50. The Kier molecular flexibility index (Phi) is 4.82. The summed E-state index contributed by atoms with van der Waals surface area (Å²) < 4.78 is 17.7. The average molecular weight is 408 g/mol. The van der Waals surface area contributed by atoms with Crippen LogP contribution in [0.2, 0.25) is 0 Å². The van der Waals surface area contributed by atoms with Crippen molar-refractivity contribution in [2.45, 2.75) is 38.0 Å². The van der Waals surface area contributed by atoms with Gasteiger partial charge in [0.1, 0.15) is 17.2 Å². The van der Waals surface area contributed by atoms with Crippen molar-refractivity contribution in [2.75, 3.05) is 33.9 Å². The molecule has 6 heteroatoms. The second-order valence-electron chi connectivity index (χ2n) is 8.20. The summed E-state index contributed by atoms with van der Waals surface area (Å²) in [7, 11) is 3.37. The van der Waals surface area contributed by atoms with Gasteiger partial charge in [0.25, 0.3) is 0 Å². The van der Waals surface area contributed by atoms with E-state index in [1.54, 1.807) is 14.2 Å². The largest absolute Gasteiger partial charge is 0.497 e. The number of hydrazone groups is 1. The van der Waals surface area contributed by atoms with E-state index >= 15 is 0 Å². The summed E-state index contributed by atoms with van der Waals surface area (Å²) in [5.41, 5.74) is 2.89. The lowest BCUT2D eigenvalue weighted by atomic mass is 9.90. The monoisotopic (exact) mass is 407 g/mol. The van der Waals surface area contributed by atoms with E-state index in [0.717, 1.165) is 67.4 Å². The molecule has 0 amide bonds. The van der Waals surface area contributed by atoms with E-state index in [9.17, 15) is 0 Å². The quantitative estimate of drug-likeness (QED) is 0.765. The topological polar surface area (TPSA) is 46.5 Å². The number of benzene rings is 2. The van der Waals surface area contributed by atoms with E-state index in [4.69, 9.17) is 19.3 Å². The molecule has 0 bridgehead atoms. The van der Waals surface area contributed by atoms with Gasteiger partial charge in [0.05, 0.1) is 26.0 Å². The summed E-state index contributed by atoms with van der Waals surface area (Å²) in [5, 5.41) is 7.41. The minimum absolute atomic E-state index is 0.185. The van der Waals surface area contributed by atoms with E-state index in [1.807, 2.05) is 18.2 Å². The molecule has 158 valence electrons. The molecule has 0 unspecified atom stereocenters. The smallest absolute Gasteiger partial charge is 0.200 e. The van der Waals surface area contributed by atoms with Crippen LogP contribution >= 0.6 is 0 Å². The molecule has 1 fully saturated rings. The van der Waals surface area contributed by atoms with Crippen LogP contribution in [0.1, 0.15) is 43.4 Å². The van der Waals surface area contributed by atoms with Crippen molar-refractivity contribution in [3.05, 3.63) is 53.6 Å². The van der Waals surface area contributed by atoms with Gasteiger partial charge in [-0.05, 0) is 24.7 Å². The average Bonchev–Trinajstić information content (AvgIpc) is 3.26. The van der Waals surface area contributed by atoms with Crippen molar-refractivity contribution in [3.8, 4) is 17.2 Å². The van der Waals surface area contributed by atoms with Gasteiger partial charge in [-0.1, -0.05) is 25.1 Å². The second kappa shape index (κ2) is 7.51. The predicted octanol–water partition coefficient (Wildman–Crippen LogP) is 4.06. The zero-order valence-corrected chi connectivity index (χ0v) is 17.9. The van der Waals surface area contributed by atoms with Gasteiger partial charge >= 0.3 is 0 Å². The highest BCUT2D eigenvalue weighted by atomic mass is 16.5. The maximum atomic E-state index is 6.69. The Morgan fingerprint density at radius 1 is 1.10 bits per heavy atom. The number of piperidine rings is 1. The van der Waals surface area contributed by atoms with Gasteiger partial charge in [-0.2, -0.15) is 5.10 Å². The number of hydrogen-bond acceptors (Lipinski definition) is 6. The Labute approximate surface area is 178 Å². The van der Waals surface area contributed by atoms with Crippen molar-refractivity contribution in [1.29, 1.82) is 0 Å². The molecular weight excluding hydrogens is 378 g/mol. The number of rotatable bonds is 4. The summed E-state index contributed by atoms with van der Waals surface area (Å²) in [4.78, 5) is 2.48. The molecule has 3 heterocycles. The lowest BCUT2D eigenvalue weighted by molar-refractivity contribution is -0.149. The van der Waals surface area contributed by atoms with Crippen molar-refractivity contribution in [1.82, 2.24) is 9.91 Å². The fraction of sp³-hybridized carbons (Fsp3) is 0.458. The third-order valence-corrected chi connectivity index (χ3v) is 6.71. The van der Waals surface area contributed by atoms with Gasteiger partial charge in [-0.3, -0.25) is 0 Å². The molecule has 1 saturated heterocycles. The van der Waals surface area contributed by atoms with Crippen molar-refractivity contribution >= 4 is 5.71 Å². The first kappa shape index (κ1) is 19.2. The van der Waals surface area contributed by atoms with E-state index in [2.05, 4.69) is 41.1 Å². The van der Waals surface area contributed by atoms with Gasteiger partial charge in [0.2, 0.25) is 5.72 Å². The number of ether oxygens (including phenoxy) is 3. The first-order valence-electron chi connectivity index (χ1n) is 10.8. The van der Waals surface area contributed by atoms with Crippen LogP contribution in [0.5, 0.6) is 17.2 Å². The molecule has 0 saturated carbocycles. The number of fused-ring (bicyclic) bond motifs is 4. The van der Waals surface area contributed by atoms with Gasteiger partial charge in [0, 0.05) is 49.5 Å². The lowest BCUT2D eigenvalue weighted by Gasteiger charge is -2.51. The van der Waals surface area contributed by atoms with Crippen LogP contribution < -0.4 is 14.2 Å². The maximum absolute atomic E-state index is 6.69. The third-order valence-electron chi connectivity index (χ3n) is 6.71. The zero-order valence-electron chi connectivity index (χ0n) is 17.9. The highest BCUT2D eigenvalue weighted by Gasteiger charge is 2.51. The zero-order chi connectivity index (χ0) is 20.7. The molecule has 1 spiro atoms. The van der Waals surface area contributed by atoms with Crippen LogP contribution in [-0.2, 0) is 0 Å². The van der Waals surface area contributed by atoms with Gasteiger partial charge in [-0.15, -0.1) is 0 Å². The van der Waals surface area contributed by atoms with Crippen LogP contribution in [-0.4, -0.2) is 55.2 Å². The molecule has 5 rings (SSSR count). The number of hydrogen-bond donors (Lipinski definition) is 0. The van der Waals surface area contributed by atoms with Crippen molar-refractivity contribution in [3.63, 3.8) is 0 Å². The van der Waals surface area contributed by atoms with Crippen LogP contribution in [0.4, 0.5) is 0 Å². The number of likely N-dealkylation sites (tertiary alicyclic amines) is 1. The molecule has 0 radical (unpaired) electrons. The molecular formula is C24H29N3O3. The summed E-state index contributed by atoms with van der Waals surface area (Å²) >= 11 is 0. The minimum Gasteiger partial charge on any atom is -0.497 e. The van der Waals surface area contributed by atoms with Crippen LogP contribution in [0, 0.1) is 0 Å². The first-order valence-corrected chi connectivity index (χ1v) is 10.8. The second-order valence-corrected chi connectivity index (χ2v) is 8.20.